The van der Waals surface area contributed by atoms with Gasteiger partial charge in [0.2, 0.25) is 0 Å². The van der Waals surface area contributed by atoms with Gasteiger partial charge < -0.3 is 10.0 Å². The normalized spacial score (nSPS) is 17.8. The monoisotopic (exact) mass is 421 g/mol. The number of ketones is 1. The van der Waals surface area contributed by atoms with Crippen LogP contribution in [0.1, 0.15) is 22.7 Å². The second kappa shape index (κ2) is 8.07. The number of carbonyl (C=O) groups excluding carboxylic acids is 2. The summed E-state index contributed by atoms with van der Waals surface area (Å²) in [5, 5.41) is 13.1. The van der Waals surface area contributed by atoms with Crippen LogP contribution in [0.25, 0.3) is 16.5 Å². The first-order valence-corrected chi connectivity index (χ1v) is 10.2. The molecule has 2 aromatic carbocycles. The van der Waals surface area contributed by atoms with Crippen molar-refractivity contribution in [3.05, 3.63) is 114 Å². The summed E-state index contributed by atoms with van der Waals surface area (Å²) in [6, 6.07) is 19.5. The van der Waals surface area contributed by atoms with Crippen molar-refractivity contribution in [2.75, 3.05) is 0 Å². The molecule has 1 fully saturated rings. The quantitative estimate of drug-likeness (QED) is 0.303. The van der Waals surface area contributed by atoms with Gasteiger partial charge in [-0.3, -0.25) is 19.6 Å². The molecule has 1 N–H and O–H groups in total. The molecule has 1 amide bonds. The molecule has 2 aromatic heterocycles. The van der Waals surface area contributed by atoms with Gasteiger partial charge >= 0.3 is 0 Å². The van der Waals surface area contributed by atoms with Gasteiger partial charge in [0.1, 0.15) is 5.76 Å². The second-order valence-corrected chi connectivity index (χ2v) is 7.60. The second-order valence-electron chi connectivity index (χ2n) is 7.60. The van der Waals surface area contributed by atoms with Gasteiger partial charge in [0.25, 0.3) is 11.7 Å². The summed E-state index contributed by atoms with van der Waals surface area (Å²) in [6.45, 7) is 0.207. The van der Waals surface area contributed by atoms with Crippen LogP contribution in [0.15, 0.2) is 97.1 Å². The van der Waals surface area contributed by atoms with E-state index in [9.17, 15) is 14.7 Å². The Morgan fingerprint density at radius 3 is 2.44 bits per heavy atom. The van der Waals surface area contributed by atoms with Gasteiger partial charge in [-0.1, -0.05) is 48.5 Å². The number of likely N-dealkylation sites (tertiary alicyclic amines) is 1. The Kier molecular flexibility index (Phi) is 4.95. The molecular formula is C26H19N3O3. The number of Topliss-reactive ketones (excluding diaryl/α,β-unsaturated/α-hetero) is 1. The van der Waals surface area contributed by atoms with Crippen LogP contribution in [0.5, 0.6) is 0 Å². The third-order valence-electron chi connectivity index (χ3n) is 5.69. The van der Waals surface area contributed by atoms with E-state index in [4.69, 9.17) is 0 Å². The number of nitrogens with zero attached hydrogens (tertiary/aromatic N) is 3. The lowest BCUT2D eigenvalue weighted by atomic mass is 9.94. The molecule has 6 nitrogen and oxygen atoms in total. The third-order valence-corrected chi connectivity index (χ3v) is 5.69. The van der Waals surface area contributed by atoms with Gasteiger partial charge in [-0.15, -0.1) is 0 Å². The SMILES string of the molecule is O=C1C(=O)N(Cc2ccncc2)C(c2cccnc2)/C1=C(/O)c1cccc2ccccc12. The zero-order chi connectivity index (χ0) is 22.1. The third kappa shape index (κ3) is 3.32. The van der Waals surface area contributed by atoms with Crippen molar-refractivity contribution in [2.24, 2.45) is 0 Å². The zero-order valence-corrected chi connectivity index (χ0v) is 17.1. The zero-order valence-electron chi connectivity index (χ0n) is 17.1. The molecule has 6 heteroatoms. The summed E-state index contributed by atoms with van der Waals surface area (Å²) < 4.78 is 0. The van der Waals surface area contributed by atoms with E-state index in [1.54, 1.807) is 55.1 Å². The lowest BCUT2D eigenvalue weighted by Gasteiger charge is -2.25. The van der Waals surface area contributed by atoms with E-state index in [-0.39, 0.29) is 17.9 Å². The van der Waals surface area contributed by atoms with Crippen LogP contribution >= 0.6 is 0 Å². The molecule has 1 saturated heterocycles. The Hall–Kier alpha value is -4.32. The number of hydrogen-bond acceptors (Lipinski definition) is 5. The van der Waals surface area contributed by atoms with Gasteiger partial charge in [-0.2, -0.15) is 0 Å². The summed E-state index contributed by atoms with van der Waals surface area (Å²) in [7, 11) is 0. The molecule has 5 rings (SSSR count). The van der Waals surface area contributed by atoms with E-state index in [1.807, 2.05) is 36.4 Å². The fraction of sp³-hybridized carbons (Fsp3) is 0.0769. The first-order chi connectivity index (χ1) is 15.6. The minimum absolute atomic E-state index is 0.0633. The minimum Gasteiger partial charge on any atom is -0.507 e. The highest BCUT2D eigenvalue weighted by Gasteiger charge is 2.46. The topological polar surface area (TPSA) is 83.4 Å². The molecule has 0 aliphatic carbocycles. The first kappa shape index (κ1) is 19.6. The van der Waals surface area contributed by atoms with Crippen molar-refractivity contribution in [2.45, 2.75) is 12.6 Å². The Morgan fingerprint density at radius 2 is 1.66 bits per heavy atom. The summed E-state index contributed by atoms with van der Waals surface area (Å²) >= 11 is 0. The lowest BCUT2D eigenvalue weighted by Crippen LogP contribution is -2.29. The van der Waals surface area contributed by atoms with Crippen LogP contribution in [0.4, 0.5) is 0 Å². The van der Waals surface area contributed by atoms with E-state index in [1.165, 1.54) is 4.90 Å². The summed E-state index contributed by atoms with van der Waals surface area (Å²) in [6.07, 6.45) is 6.53. The largest absolute Gasteiger partial charge is 0.507 e. The van der Waals surface area contributed by atoms with Crippen molar-refractivity contribution in [1.29, 1.82) is 0 Å². The number of rotatable bonds is 4. The maximum absolute atomic E-state index is 13.2. The van der Waals surface area contributed by atoms with Crippen LogP contribution < -0.4 is 0 Å². The molecule has 0 saturated carbocycles. The van der Waals surface area contributed by atoms with Gasteiger partial charge in [0.15, 0.2) is 0 Å². The van der Waals surface area contributed by atoms with E-state index in [0.717, 1.165) is 16.3 Å². The smallest absolute Gasteiger partial charge is 0.295 e. The Labute approximate surface area is 184 Å². The summed E-state index contributed by atoms with van der Waals surface area (Å²) in [5.41, 5.74) is 2.07. The molecule has 32 heavy (non-hydrogen) atoms. The van der Waals surface area contributed by atoms with Crippen LogP contribution in [-0.4, -0.2) is 31.7 Å². The number of pyridine rings is 2. The minimum atomic E-state index is -0.754. The standard InChI is InChI=1S/C26H19N3O3/c30-24(21-9-3-6-18-5-1-2-8-20(18)21)22-23(19-7-4-12-28-15-19)29(26(32)25(22)31)16-17-10-13-27-14-11-17/h1-15,23,30H,16H2/b24-22-. The molecule has 1 atom stereocenters. The maximum atomic E-state index is 13.2. The van der Waals surface area contributed by atoms with E-state index in [0.29, 0.717) is 11.1 Å². The van der Waals surface area contributed by atoms with Gasteiger partial charge in [0.05, 0.1) is 11.6 Å². The van der Waals surface area contributed by atoms with Gasteiger partial charge in [0, 0.05) is 36.9 Å². The highest BCUT2D eigenvalue weighted by atomic mass is 16.3. The van der Waals surface area contributed by atoms with Crippen molar-refractivity contribution >= 4 is 28.2 Å². The molecule has 1 unspecified atom stereocenters. The number of aliphatic hydroxyl groups excluding tert-OH is 1. The summed E-state index contributed by atoms with van der Waals surface area (Å²) in [5.74, 6) is -1.55. The predicted octanol–water partition coefficient (Wildman–Crippen LogP) is 4.25. The van der Waals surface area contributed by atoms with E-state index < -0.39 is 17.7 Å². The first-order valence-electron chi connectivity index (χ1n) is 10.2. The van der Waals surface area contributed by atoms with Crippen LogP contribution in [-0.2, 0) is 16.1 Å². The lowest BCUT2D eigenvalue weighted by molar-refractivity contribution is -0.140. The molecule has 156 valence electrons. The Bertz CT molecular complexity index is 1350. The number of amides is 1. The summed E-state index contributed by atoms with van der Waals surface area (Å²) in [4.78, 5) is 36.0. The number of aromatic nitrogens is 2. The number of aliphatic hydroxyl groups is 1. The highest BCUT2D eigenvalue weighted by Crippen LogP contribution is 2.41. The molecule has 1 aliphatic heterocycles. The molecular weight excluding hydrogens is 402 g/mol. The number of fused-ring (bicyclic) bond motifs is 1. The van der Waals surface area contributed by atoms with Crippen LogP contribution in [0.3, 0.4) is 0 Å². The average Bonchev–Trinajstić information content (AvgIpc) is 3.09. The molecule has 0 radical (unpaired) electrons. The van der Waals surface area contributed by atoms with Crippen molar-refractivity contribution < 1.29 is 14.7 Å². The van der Waals surface area contributed by atoms with Crippen LogP contribution in [0.2, 0.25) is 0 Å². The van der Waals surface area contributed by atoms with Crippen molar-refractivity contribution in [3.63, 3.8) is 0 Å². The van der Waals surface area contributed by atoms with Gasteiger partial charge in [-0.05, 0) is 40.1 Å². The molecule has 4 aromatic rings. The maximum Gasteiger partial charge on any atom is 0.295 e. The predicted molar refractivity (Wildman–Crippen MR) is 120 cm³/mol. The Morgan fingerprint density at radius 1 is 0.875 bits per heavy atom. The van der Waals surface area contributed by atoms with Crippen molar-refractivity contribution in [1.82, 2.24) is 14.9 Å². The highest BCUT2D eigenvalue weighted by molar-refractivity contribution is 6.46. The number of carbonyl (C=O) groups is 2. The van der Waals surface area contributed by atoms with Crippen LogP contribution in [0, 0.1) is 0 Å². The Balaban J connectivity index is 1.70. The molecule has 0 bridgehead atoms. The van der Waals surface area contributed by atoms with Gasteiger partial charge in [-0.25, -0.2) is 0 Å². The number of benzene rings is 2. The average molecular weight is 421 g/mol. The fourth-order valence-electron chi connectivity index (χ4n) is 4.19. The van der Waals surface area contributed by atoms with E-state index >= 15 is 0 Å². The number of hydrogen-bond donors (Lipinski definition) is 1. The van der Waals surface area contributed by atoms with E-state index in [2.05, 4.69) is 9.97 Å². The van der Waals surface area contributed by atoms with Crippen molar-refractivity contribution in [3.8, 4) is 0 Å². The molecule has 3 heterocycles. The molecule has 0 spiro atoms. The fourth-order valence-corrected chi connectivity index (χ4v) is 4.19. The molecule has 1 aliphatic rings.